The number of carbonyl (C=O) groups excluding carboxylic acids is 2. The van der Waals surface area contributed by atoms with Crippen LogP contribution in [0.2, 0.25) is 0 Å². The summed E-state index contributed by atoms with van der Waals surface area (Å²) < 4.78 is 5.13. The lowest BCUT2D eigenvalue weighted by molar-refractivity contribution is -0.384. The number of rotatable bonds is 5. The molecule has 1 aromatic carbocycles. The van der Waals surface area contributed by atoms with E-state index in [9.17, 15) is 19.7 Å². The molecular formula is C12H14N4O5S. The number of benzene rings is 1. The smallest absolute Gasteiger partial charge is 0.276 e. The van der Waals surface area contributed by atoms with Gasteiger partial charge in [0.25, 0.3) is 11.6 Å². The molecule has 1 aromatic rings. The molecule has 0 aliphatic rings. The third-order valence-corrected chi connectivity index (χ3v) is 2.51. The average molecular weight is 326 g/mol. The summed E-state index contributed by atoms with van der Waals surface area (Å²) in [5.41, 5.74) is 4.50. The molecule has 0 fully saturated rings. The van der Waals surface area contributed by atoms with Crippen molar-refractivity contribution in [1.82, 2.24) is 16.2 Å². The highest BCUT2D eigenvalue weighted by Gasteiger charge is 2.07. The molecule has 0 spiro atoms. The molecule has 0 bridgehead atoms. The van der Waals surface area contributed by atoms with Crippen LogP contribution < -0.4 is 20.9 Å². The minimum Gasteiger partial charge on any atom is -0.484 e. The Labute approximate surface area is 131 Å². The van der Waals surface area contributed by atoms with E-state index >= 15 is 0 Å². The third-order valence-electron chi connectivity index (χ3n) is 2.31. The van der Waals surface area contributed by atoms with Gasteiger partial charge in [0.15, 0.2) is 11.7 Å². The number of nitrogens with zero attached hydrogens (tertiary/aromatic N) is 1. The first-order valence-corrected chi connectivity index (χ1v) is 6.59. The number of hydrogen-bond acceptors (Lipinski definition) is 6. The highest BCUT2D eigenvalue weighted by molar-refractivity contribution is 7.80. The van der Waals surface area contributed by atoms with E-state index < -0.39 is 10.8 Å². The van der Waals surface area contributed by atoms with Crippen molar-refractivity contribution in [2.75, 3.05) is 6.61 Å². The summed E-state index contributed by atoms with van der Waals surface area (Å²) in [7, 11) is 0. The van der Waals surface area contributed by atoms with Crippen LogP contribution in [0.15, 0.2) is 24.3 Å². The molecule has 0 aliphatic carbocycles. The van der Waals surface area contributed by atoms with E-state index in [0.29, 0.717) is 5.75 Å². The van der Waals surface area contributed by atoms with Crippen LogP contribution in [-0.2, 0) is 9.59 Å². The zero-order chi connectivity index (χ0) is 16.5. The van der Waals surface area contributed by atoms with Crippen molar-refractivity contribution in [3.05, 3.63) is 34.4 Å². The predicted molar refractivity (Wildman–Crippen MR) is 80.9 cm³/mol. The van der Waals surface area contributed by atoms with Crippen molar-refractivity contribution in [3.8, 4) is 5.75 Å². The number of nitro groups is 1. The fraction of sp³-hybridized carbons (Fsp3) is 0.250. The van der Waals surface area contributed by atoms with Crippen molar-refractivity contribution in [1.29, 1.82) is 0 Å². The monoisotopic (exact) mass is 326 g/mol. The van der Waals surface area contributed by atoms with Gasteiger partial charge in [0.2, 0.25) is 5.91 Å². The summed E-state index contributed by atoms with van der Waals surface area (Å²) in [6.45, 7) is 1.34. The molecule has 0 saturated heterocycles. The summed E-state index contributed by atoms with van der Waals surface area (Å²) >= 11 is 4.77. The van der Waals surface area contributed by atoms with Crippen LogP contribution in [-0.4, -0.2) is 28.5 Å². The van der Waals surface area contributed by atoms with Gasteiger partial charge in [-0.1, -0.05) is 6.92 Å². The highest BCUT2D eigenvalue weighted by Crippen LogP contribution is 2.16. The van der Waals surface area contributed by atoms with E-state index in [4.69, 9.17) is 17.0 Å². The number of nitro benzene ring substituents is 1. The molecule has 22 heavy (non-hydrogen) atoms. The second kappa shape index (κ2) is 8.52. The maximum absolute atomic E-state index is 11.5. The first-order chi connectivity index (χ1) is 10.4. The summed E-state index contributed by atoms with van der Waals surface area (Å²) in [6, 6.07) is 5.29. The first-order valence-electron chi connectivity index (χ1n) is 6.18. The van der Waals surface area contributed by atoms with E-state index in [1.54, 1.807) is 6.92 Å². The average Bonchev–Trinajstić information content (AvgIpc) is 2.51. The van der Waals surface area contributed by atoms with Crippen molar-refractivity contribution < 1.29 is 19.2 Å². The van der Waals surface area contributed by atoms with Crippen LogP contribution in [0.25, 0.3) is 0 Å². The van der Waals surface area contributed by atoms with E-state index in [0.717, 1.165) is 0 Å². The van der Waals surface area contributed by atoms with E-state index in [1.807, 2.05) is 0 Å². The molecule has 0 radical (unpaired) electrons. The van der Waals surface area contributed by atoms with E-state index in [1.165, 1.54) is 24.3 Å². The molecule has 1 rings (SSSR count). The highest BCUT2D eigenvalue weighted by atomic mass is 32.1. The molecule has 3 N–H and O–H groups in total. The maximum Gasteiger partial charge on any atom is 0.276 e. The predicted octanol–water partition coefficient (Wildman–Crippen LogP) is 0.406. The van der Waals surface area contributed by atoms with Crippen LogP contribution in [0, 0.1) is 10.1 Å². The number of hydrazine groups is 1. The SMILES string of the molecule is CCC(=O)NC(=S)NNC(=O)COc1ccc([N+](=O)[O-])cc1. The van der Waals surface area contributed by atoms with Crippen LogP contribution in [0.1, 0.15) is 13.3 Å². The number of hydrogen-bond donors (Lipinski definition) is 3. The Hall–Kier alpha value is -2.75. The summed E-state index contributed by atoms with van der Waals surface area (Å²) in [6.07, 6.45) is 0.263. The van der Waals surface area contributed by atoms with Crippen LogP contribution in [0.5, 0.6) is 5.75 Å². The Morgan fingerprint density at radius 2 is 1.86 bits per heavy atom. The van der Waals surface area contributed by atoms with Gasteiger partial charge in [-0.05, 0) is 24.4 Å². The lowest BCUT2D eigenvalue weighted by atomic mass is 10.3. The maximum atomic E-state index is 11.5. The zero-order valence-electron chi connectivity index (χ0n) is 11.6. The van der Waals surface area contributed by atoms with Crippen LogP contribution in [0.4, 0.5) is 5.69 Å². The largest absolute Gasteiger partial charge is 0.484 e. The number of non-ortho nitro benzene ring substituents is 1. The molecule has 0 heterocycles. The fourth-order valence-electron chi connectivity index (χ4n) is 1.22. The molecule has 0 atom stereocenters. The molecule has 10 heteroatoms. The lowest BCUT2D eigenvalue weighted by Gasteiger charge is -2.10. The molecule has 0 saturated carbocycles. The third kappa shape index (κ3) is 6.13. The van der Waals surface area contributed by atoms with Gasteiger partial charge >= 0.3 is 0 Å². The van der Waals surface area contributed by atoms with Crippen molar-refractivity contribution in [2.45, 2.75) is 13.3 Å². The van der Waals surface area contributed by atoms with Gasteiger partial charge in [-0.2, -0.15) is 0 Å². The topological polar surface area (TPSA) is 123 Å². The minimum atomic E-state index is -0.536. The first kappa shape index (κ1) is 17.3. The number of carbonyl (C=O) groups is 2. The second-order valence-corrected chi connectivity index (χ2v) is 4.35. The number of amides is 2. The molecule has 0 aliphatic heterocycles. The number of ether oxygens (including phenoxy) is 1. The molecule has 118 valence electrons. The Morgan fingerprint density at radius 1 is 1.23 bits per heavy atom. The Morgan fingerprint density at radius 3 is 2.41 bits per heavy atom. The molecule has 0 aromatic heterocycles. The van der Waals surface area contributed by atoms with Gasteiger partial charge in [0.05, 0.1) is 4.92 Å². The summed E-state index contributed by atoms with van der Waals surface area (Å²) in [5, 5.41) is 12.8. The zero-order valence-corrected chi connectivity index (χ0v) is 12.4. The molecule has 9 nitrogen and oxygen atoms in total. The van der Waals surface area contributed by atoms with Gasteiger partial charge in [-0.15, -0.1) is 0 Å². The van der Waals surface area contributed by atoms with Crippen LogP contribution in [0.3, 0.4) is 0 Å². The minimum absolute atomic E-state index is 0.0319. The Kier molecular flexibility index (Phi) is 6.70. The molecule has 2 amide bonds. The summed E-state index contributed by atoms with van der Waals surface area (Å²) in [5.74, 6) is -0.511. The van der Waals surface area contributed by atoms with Gasteiger partial charge in [0.1, 0.15) is 5.75 Å². The van der Waals surface area contributed by atoms with Gasteiger partial charge in [0, 0.05) is 18.6 Å². The number of nitrogens with one attached hydrogen (secondary N) is 3. The van der Waals surface area contributed by atoms with Crippen molar-refractivity contribution in [2.24, 2.45) is 0 Å². The van der Waals surface area contributed by atoms with E-state index in [-0.39, 0.29) is 29.7 Å². The van der Waals surface area contributed by atoms with Crippen molar-refractivity contribution in [3.63, 3.8) is 0 Å². The second-order valence-electron chi connectivity index (χ2n) is 3.94. The van der Waals surface area contributed by atoms with Gasteiger partial charge < -0.3 is 10.1 Å². The van der Waals surface area contributed by atoms with Gasteiger partial charge in [-0.25, -0.2) is 0 Å². The molecule has 0 unspecified atom stereocenters. The normalized spacial score (nSPS) is 9.50. The molecular weight excluding hydrogens is 312 g/mol. The Bertz CT molecular complexity index is 575. The summed E-state index contributed by atoms with van der Waals surface area (Å²) in [4.78, 5) is 32.4. The number of thiocarbonyl (C=S) groups is 1. The van der Waals surface area contributed by atoms with Crippen LogP contribution >= 0.6 is 12.2 Å². The lowest BCUT2D eigenvalue weighted by Crippen LogP contribution is -2.49. The standard InChI is InChI=1S/C12H14N4O5S/c1-2-10(17)13-12(22)15-14-11(18)7-21-9-5-3-8(4-6-9)16(19)20/h3-6H,2,7H2,1H3,(H,14,18)(H2,13,15,17,22). The quantitative estimate of drug-likeness (QED) is 0.407. The fourth-order valence-corrected chi connectivity index (χ4v) is 1.39. The van der Waals surface area contributed by atoms with Crippen molar-refractivity contribution >= 4 is 34.8 Å². The Balaban J connectivity index is 2.32. The van der Waals surface area contributed by atoms with Gasteiger partial charge in [-0.3, -0.25) is 30.6 Å². The van der Waals surface area contributed by atoms with E-state index in [2.05, 4.69) is 16.2 Å².